The smallest absolute Gasteiger partial charge is 0.191 e. The standard InChI is InChI=1S/C14H28N4O/c1-4-15-13(17-12-5-6-12)16-7-8-18-9-10-19-14(2,3)11-18/h12H,4-11H2,1-3H3,(H2,15,16,17). The van der Waals surface area contributed by atoms with Gasteiger partial charge in [0, 0.05) is 32.2 Å². The molecule has 0 aromatic heterocycles. The molecule has 2 fully saturated rings. The molecule has 1 aliphatic heterocycles. The Morgan fingerprint density at radius 3 is 2.84 bits per heavy atom. The van der Waals surface area contributed by atoms with Crippen molar-refractivity contribution in [3.05, 3.63) is 0 Å². The summed E-state index contributed by atoms with van der Waals surface area (Å²) in [6.45, 7) is 12.0. The first-order chi connectivity index (χ1) is 9.09. The summed E-state index contributed by atoms with van der Waals surface area (Å²) in [6, 6.07) is 0.653. The number of hydrogen-bond acceptors (Lipinski definition) is 3. The summed E-state index contributed by atoms with van der Waals surface area (Å²) in [5.74, 6) is 0.970. The summed E-state index contributed by atoms with van der Waals surface area (Å²) >= 11 is 0. The minimum atomic E-state index is -0.0152. The van der Waals surface area contributed by atoms with E-state index < -0.39 is 0 Å². The van der Waals surface area contributed by atoms with Gasteiger partial charge in [-0.05, 0) is 33.6 Å². The van der Waals surface area contributed by atoms with Gasteiger partial charge in [0.05, 0.1) is 18.8 Å². The Kier molecular flexibility index (Phi) is 5.05. The van der Waals surface area contributed by atoms with Crippen molar-refractivity contribution in [2.45, 2.75) is 45.3 Å². The summed E-state index contributed by atoms with van der Waals surface area (Å²) in [5.41, 5.74) is -0.0152. The molecule has 0 aromatic rings. The fraction of sp³-hybridized carbons (Fsp3) is 0.929. The van der Waals surface area contributed by atoms with Crippen LogP contribution in [0.2, 0.25) is 0 Å². The lowest BCUT2D eigenvalue weighted by atomic mass is 10.1. The van der Waals surface area contributed by atoms with E-state index in [1.54, 1.807) is 0 Å². The van der Waals surface area contributed by atoms with Crippen LogP contribution in [-0.4, -0.2) is 61.8 Å². The largest absolute Gasteiger partial charge is 0.373 e. The van der Waals surface area contributed by atoms with Gasteiger partial charge in [0.2, 0.25) is 0 Å². The van der Waals surface area contributed by atoms with Crippen molar-refractivity contribution in [1.82, 2.24) is 15.5 Å². The predicted molar refractivity (Wildman–Crippen MR) is 78.6 cm³/mol. The van der Waals surface area contributed by atoms with Crippen molar-refractivity contribution in [2.75, 3.05) is 39.3 Å². The molecule has 0 radical (unpaired) electrons. The molecule has 0 unspecified atom stereocenters. The number of aliphatic imine (C=N–C) groups is 1. The third kappa shape index (κ3) is 5.37. The van der Waals surface area contributed by atoms with E-state index in [0.29, 0.717) is 6.04 Å². The molecular formula is C14H28N4O. The zero-order valence-electron chi connectivity index (χ0n) is 12.5. The van der Waals surface area contributed by atoms with Crippen LogP contribution in [0.25, 0.3) is 0 Å². The van der Waals surface area contributed by atoms with Crippen LogP contribution in [-0.2, 0) is 4.74 Å². The number of morpholine rings is 1. The van der Waals surface area contributed by atoms with Gasteiger partial charge >= 0.3 is 0 Å². The molecule has 1 heterocycles. The topological polar surface area (TPSA) is 48.9 Å². The van der Waals surface area contributed by atoms with Crippen LogP contribution >= 0.6 is 0 Å². The molecule has 0 spiro atoms. The highest BCUT2D eigenvalue weighted by Crippen LogP contribution is 2.18. The van der Waals surface area contributed by atoms with Crippen LogP contribution in [0.1, 0.15) is 33.6 Å². The fourth-order valence-corrected chi connectivity index (χ4v) is 2.35. The zero-order valence-corrected chi connectivity index (χ0v) is 12.5. The van der Waals surface area contributed by atoms with E-state index >= 15 is 0 Å². The third-order valence-corrected chi connectivity index (χ3v) is 3.45. The maximum Gasteiger partial charge on any atom is 0.191 e. The molecule has 19 heavy (non-hydrogen) atoms. The lowest BCUT2D eigenvalue weighted by Crippen LogP contribution is -2.49. The second-order valence-corrected chi connectivity index (χ2v) is 6.06. The highest BCUT2D eigenvalue weighted by Gasteiger charge is 2.26. The Bertz CT molecular complexity index is 313. The van der Waals surface area contributed by atoms with Gasteiger partial charge < -0.3 is 15.4 Å². The predicted octanol–water partition coefficient (Wildman–Crippen LogP) is 0.815. The average molecular weight is 268 g/mol. The summed E-state index contributed by atoms with van der Waals surface area (Å²) < 4.78 is 5.72. The van der Waals surface area contributed by atoms with Crippen molar-refractivity contribution in [2.24, 2.45) is 4.99 Å². The van der Waals surface area contributed by atoms with Crippen molar-refractivity contribution in [3.8, 4) is 0 Å². The van der Waals surface area contributed by atoms with Gasteiger partial charge in [-0.25, -0.2) is 0 Å². The van der Waals surface area contributed by atoms with Crippen LogP contribution in [0, 0.1) is 0 Å². The van der Waals surface area contributed by atoms with Crippen LogP contribution < -0.4 is 10.6 Å². The number of nitrogens with one attached hydrogen (secondary N) is 2. The second-order valence-electron chi connectivity index (χ2n) is 6.06. The molecule has 5 nitrogen and oxygen atoms in total. The Morgan fingerprint density at radius 1 is 1.42 bits per heavy atom. The van der Waals surface area contributed by atoms with Crippen LogP contribution in [0.15, 0.2) is 4.99 Å². The van der Waals surface area contributed by atoms with Crippen molar-refractivity contribution >= 4 is 5.96 Å². The number of guanidine groups is 1. The zero-order chi connectivity index (χ0) is 13.7. The van der Waals surface area contributed by atoms with E-state index in [1.807, 2.05) is 0 Å². The Hall–Kier alpha value is -0.810. The van der Waals surface area contributed by atoms with Crippen LogP contribution in [0.3, 0.4) is 0 Å². The fourth-order valence-electron chi connectivity index (χ4n) is 2.35. The van der Waals surface area contributed by atoms with E-state index in [2.05, 4.69) is 41.3 Å². The molecular weight excluding hydrogens is 240 g/mol. The lowest BCUT2D eigenvalue weighted by molar-refractivity contribution is -0.0850. The van der Waals surface area contributed by atoms with Gasteiger partial charge in [-0.15, -0.1) is 0 Å². The number of ether oxygens (including phenoxy) is 1. The Balaban J connectivity index is 1.73. The molecule has 1 saturated heterocycles. The third-order valence-electron chi connectivity index (χ3n) is 3.45. The van der Waals surface area contributed by atoms with Crippen molar-refractivity contribution in [1.29, 1.82) is 0 Å². The normalized spacial score (nSPS) is 24.3. The summed E-state index contributed by atoms with van der Waals surface area (Å²) in [5, 5.41) is 6.75. The van der Waals surface area contributed by atoms with Gasteiger partial charge in [-0.2, -0.15) is 0 Å². The monoisotopic (exact) mass is 268 g/mol. The maximum atomic E-state index is 5.72. The molecule has 1 saturated carbocycles. The molecule has 0 aromatic carbocycles. The highest BCUT2D eigenvalue weighted by atomic mass is 16.5. The average Bonchev–Trinajstić information content (AvgIpc) is 3.12. The molecule has 0 atom stereocenters. The van der Waals surface area contributed by atoms with Gasteiger partial charge in [-0.3, -0.25) is 9.89 Å². The number of rotatable bonds is 5. The summed E-state index contributed by atoms with van der Waals surface area (Å²) in [4.78, 5) is 7.09. The van der Waals surface area contributed by atoms with E-state index in [9.17, 15) is 0 Å². The van der Waals surface area contributed by atoms with Gasteiger partial charge in [0.15, 0.2) is 5.96 Å². The molecule has 0 amide bonds. The first-order valence-corrected chi connectivity index (χ1v) is 7.50. The van der Waals surface area contributed by atoms with Crippen LogP contribution in [0.4, 0.5) is 0 Å². The van der Waals surface area contributed by atoms with Gasteiger partial charge in [-0.1, -0.05) is 0 Å². The van der Waals surface area contributed by atoms with Gasteiger partial charge in [0.1, 0.15) is 0 Å². The number of nitrogens with zero attached hydrogens (tertiary/aromatic N) is 2. The highest BCUT2D eigenvalue weighted by molar-refractivity contribution is 5.80. The molecule has 2 rings (SSSR count). The number of hydrogen-bond donors (Lipinski definition) is 2. The SMILES string of the molecule is CCNC(=NCCN1CCOC(C)(C)C1)NC1CC1. The minimum absolute atomic E-state index is 0.0152. The molecule has 110 valence electrons. The summed E-state index contributed by atoms with van der Waals surface area (Å²) in [7, 11) is 0. The maximum absolute atomic E-state index is 5.72. The lowest BCUT2D eigenvalue weighted by Gasteiger charge is -2.37. The first-order valence-electron chi connectivity index (χ1n) is 7.50. The van der Waals surface area contributed by atoms with E-state index in [4.69, 9.17) is 4.74 Å². The molecule has 2 N–H and O–H groups in total. The minimum Gasteiger partial charge on any atom is -0.373 e. The van der Waals surface area contributed by atoms with Gasteiger partial charge in [0.25, 0.3) is 0 Å². The Morgan fingerprint density at radius 2 is 2.21 bits per heavy atom. The molecule has 0 bridgehead atoms. The van der Waals surface area contributed by atoms with Crippen molar-refractivity contribution < 1.29 is 4.74 Å². The second kappa shape index (κ2) is 6.57. The summed E-state index contributed by atoms with van der Waals surface area (Å²) in [6.07, 6.45) is 2.56. The van der Waals surface area contributed by atoms with Crippen molar-refractivity contribution in [3.63, 3.8) is 0 Å². The molecule has 5 heteroatoms. The molecule has 2 aliphatic rings. The molecule has 1 aliphatic carbocycles. The first kappa shape index (κ1) is 14.6. The van der Waals surface area contributed by atoms with E-state index in [-0.39, 0.29) is 5.60 Å². The quantitative estimate of drug-likeness (QED) is 0.572. The van der Waals surface area contributed by atoms with E-state index in [0.717, 1.165) is 45.3 Å². The van der Waals surface area contributed by atoms with E-state index in [1.165, 1.54) is 12.8 Å². The van der Waals surface area contributed by atoms with Crippen LogP contribution in [0.5, 0.6) is 0 Å². The Labute approximate surface area is 116 Å².